The monoisotopic (exact) mass is 691 g/mol. The van der Waals surface area contributed by atoms with Crippen molar-refractivity contribution in [2.45, 2.75) is 148 Å². The van der Waals surface area contributed by atoms with Crippen molar-refractivity contribution in [3.8, 4) is 0 Å². The van der Waals surface area contributed by atoms with Gasteiger partial charge < -0.3 is 38.8 Å². The number of hydrogen-bond donors (Lipinski definition) is 2. The van der Waals surface area contributed by atoms with Crippen LogP contribution in [0.1, 0.15) is 99.8 Å². The molecule has 49 heavy (non-hydrogen) atoms. The molecule has 0 aromatic carbocycles. The fourth-order valence-corrected chi connectivity index (χ4v) is 6.99. The minimum absolute atomic E-state index is 0.0184. The Kier molecular flexibility index (Phi) is 15.8. The van der Waals surface area contributed by atoms with Crippen molar-refractivity contribution in [3.63, 3.8) is 0 Å². The van der Waals surface area contributed by atoms with Gasteiger partial charge in [-0.05, 0) is 63.9 Å². The van der Waals surface area contributed by atoms with E-state index in [0.29, 0.717) is 19.5 Å². The van der Waals surface area contributed by atoms with E-state index in [9.17, 15) is 24.6 Å². The number of hydrogen-bond acceptors (Lipinski definition) is 10. The summed E-state index contributed by atoms with van der Waals surface area (Å²) < 4.78 is 29.2. The number of esters is 2. The summed E-state index contributed by atoms with van der Waals surface area (Å²) in [6.07, 6.45) is 10.1. The number of allylic oxidation sites excluding steroid dienone is 3. The summed E-state index contributed by atoms with van der Waals surface area (Å²) in [6.45, 7) is 14.4. The molecule has 2 fully saturated rings. The van der Waals surface area contributed by atoms with Gasteiger partial charge in [0.2, 0.25) is 0 Å². The van der Waals surface area contributed by atoms with Gasteiger partial charge in [-0.3, -0.25) is 9.59 Å². The van der Waals surface area contributed by atoms with E-state index in [2.05, 4.69) is 20.8 Å². The van der Waals surface area contributed by atoms with Gasteiger partial charge in [-0.15, -0.1) is 0 Å². The molecule has 11 heteroatoms. The van der Waals surface area contributed by atoms with Gasteiger partial charge in [0.15, 0.2) is 0 Å². The van der Waals surface area contributed by atoms with Crippen molar-refractivity contribution in [2.24, 2.45) is 17.8 Å². The molecular weight excluding hydrogens is 630 g/mol. The first-order valence-electron chi connectivity index (χ1n) is 18.1. The van der Waals surface area contributed by atoms with Crippen LogP contribution in [0.15, 0.2) is 36.0 Å². The van der Waals surface area contributed by atoms with E-state index >= 15 is 0 Å². The predicted molar refractivity (Wildman–Crippen MR) is 186 cm³/mol. The van der Waals surface area contributed by atoms with E-state index in [-0.39, 0.29) is 67.8 Å². The lowest BCUT2D eigenvalue weighted by Crippen LogP contribution is -2.42. The second-order valence-electron chi connectivity index (χ2n) is 14.5. The Bertz CT molecular complexity index is 1170. The van der Waals surface area contributed by atoms with Crippen molar-refractivity contribution in [1.29, 1.82) is 0 Å². The van der Waals surface area contributed by atoms with E-state index in [1.807, 2.05) is 44.2 Å². The summed E-state index contributed by atoms with van der Waals surface area (Å²) >= 11 is 0. The van der Waals surface area contributed by atoms with Gasteiger partial charge in [-0.2, -0.15) is 0 Å². The molecule has 0 aliphatic carbocycles. The number of nitrogens with zero attached hydrogens (tertiary/aromatic N) is 1. The van der Waals surface area contributed by atoms with Crippen molar-refractivity contribution in [2.75, 3.05) is 20.2 Å². The quantitative estimate of drug-likeness (QED) is 0.0864. The largest absolute Gasteiger partial charge is 0.459 e. The lowest BCUT2D eigenvalue weighted by atomic mass is 9.89. The van der Waals surface area contributed by atoms with Gasteiger partial charge in [0, 0.05) is 45.4 Å². The molecule has 11 atom stereocenters. The molecule has 11 nitrogen and oxygen atoms in total. The number of aliphatic hydroxyl groups excluding tert-OH is 1. The minimum Gasteiger partial charge on any atom is -0.459 e. The lowest BCUT2D eigenvalue weighted by Gasteiger charge is -2.32. The van der Waals surface area contributed by atoms with Crippen molar-refractivity contribution >= 4 is 18.0 Å². The Morgan fingerprint density at radius 3 is 2.51 bits per heavy atom. The number of amides is 1. The molecule has 0 aromatic heterocycles. The second kappa shape index (κ2) is 19.0. The van der Waals surface area contributed by atoms with E-state index < -0.39 is 42.0 Å². The van der Waals surface area contributed by atoms with Crippen LogP contribution in [-0.2, 0) is 33.3 Å². The normalized spacial score (nSPS) is 33.3. The zero-order chi connectivity index (χ0) is 36.3. The fraction of sp³-hybridized carbons (Fsp3) is 0.763. The molecule has 0 radical (unpaired) electrons. The van der Waals surface area contributed by atoms with Crippen LogP contribution in [0.4, 0.5) is 4.79 Å². The maximum absolute atomic E-state index is 13.0. The minimum atomic E-state index is -1.38. The Labute approximate surface area is 293 Å². The zero-order valence-corrected chi connectivity index (χ0v) is 30.8. The highest BCUT2D eigenvalue weighted by molar-refractivity contribution is 5.70. The highest BCUT2D eigenvalue weighted by Crippen LogP contribution is 2.39. The SMILES string of the molecule is CCC(OC)C(C)C1OC1C(OC(=O)N1CCCC1)C(C)C/C=C/C=C(\C)C1OC(=O)CC(O)CCC(C)(O)C(OC(C)=O)C/C=C/C1C. The van der Waals surface area contributed by atoms with Crippen LogP contribution >= 0.6 is 0 Å². The van der Waals surface area contributed by atoms with Crippen LogP contribution in [0.2, 0.25) is 0 Å². The molecule has 0 spiro atoms. The molecule has 2 saturated heterocycles. The maximum atomic E-state index is 13.0. The van der Waals surface area contributed by atoms with Crippen LogP contribution < -0.4 is 0 Å². The number of carbonyl (C=O) groups excluding carboxylic acids is 3. The first-order valence-corrected chi connectivity index (χ1v) is 18.1. The molecule has 0 bridgehead atoms. The van der Waals surface area contributed by atoms with E-state index in [1.54, 1.807) is 18.9 Å². The number of carbonyl (C=O) groups is 3. The number of epoxide rings is 1. The highest BCUT2D eigenvalue weighted by atomic mass is 16.6. The Morgan fingerprint density at radius 1 is 1.18 bits per heavy atom. The highest BCUT2D eigenvalue weighted by Gasteiger charge is 2.53. The molecule has 11 unspecified atom stereocenters. The van der Waals surface area contributed by atoms with Crippen molar-refractivity contribution < 1.29 is 48.3 Å². The summed E-state index contributed by atoms with van der Waals surface area (Å²) in [5.41, 5.74) is -0.572. The fourth-order valence-electron chi connectivity index (χ4n) is 6.99. The molecule has 2 N–H and O–H groups in total. The third-order valence-corrected chi connectivity index (χ3v) is 10.2. The van der Waals surface area contributed by atoms with Gasteiger partial charge in [0.25, 0.3) is 0 Å². The summed E-state index contributed by atoms with van der Waals surface area (Å²) in [7, 11) is 1.72. The van der Waals surface area contributed by atoms with Gasteiger partial charge in [-0.1, -0.05) is 58.1 Å². The number of aliphatic hydroxyl groups is 2. The number of ether oxygens (including phenoxy) is 5. The average molecular weight is 692 g/mol. The van der Waals surface area contributed by atoms with Crippen molar-refractivity contribution in [1.82, 2.24) is 4.90 Å². The van der Waals surface area contributed by atoms with Crippen LogP contribution in [0.3, 0.4) is 0 Å². The number of cyclic esters (lactones) is 1. The number of rotatable bonds is 12. The van der Waals surface area contributed by atoms with Crippen molar-refractivity contribution in [3.05, 3.63) is 36.0 Å². The van der Waals surface area contributed by atoms with Gasteiger partial charge in [0.05, 0.1) is 30.3 Å². The second-order valence-corrected chi connectivity index (χ2v) is 14.5. The van der Waals surface area contributed by atoms with Gasteiger partial charge in [-0.25, -0.2) is 4.79 Å². The molecule has 0 saturated carbocycles. The molecule has 278 valence electrons. The molecule has 3 rings (SSSR count). The van der Waals surface area contributed by atoms with E-state index in [1.165, 1.54) is 6.92 Å². The standard InChI is InChI=1S/C38H61NO10/c1-9-30(45-8)27(5)35-36(48-35)34(49-37(43)39-21-12-13-22-39)26(4)16-11-10-15-24(2)33-25(3)17-14-18-31(46-28(6)40)38(7,44)20-19-29(41)23-32(42)47-33/h10-11,14-15,17,25-27,29-31,33-36,41,44H,9,12-13,16,18-23H2,1-8H3/b11-10+,17-14+,24-15+. The summed E-state index contributed by atoms with van der Waals surface area (Å²) in [5, 5.41) is 21.6. The van der Waals surface area contributed by atoms with Gasteiger partial charge in [0.1, 0.15) is 24.4 Å². The molecular formula is C38H61NO10. The first-order chi connectivity index (χ1) is 23.2. The van der Waals surface area contributed by atoms with Gasteiger partial charge >= 0.3 is 18.0 Å². The molecule has 1 amide bonds. The van der Waals surface area contributed by atoms with Crippen LogP contribution in [0, 0.1) is 17.8 Å². The summed E-state index contributed by atoms with van der Waals surface area (Å²) in [6, 6.07) is 0. The average Bonchev–Trinajstić information content (AvgIpc) is 3.63. The van der Waals surface area contributed by atoms with Crippen LogP contribution in [0.5, 0.6) is 0 Å². The van der Waals surface area contributed by atoms with E-state index in [0.717, 1.165) is 24.8 Å². The van der Waals surface area contributed by atoms with Crippen LogP contribution in [0.25, 0.3) is 0 Å². The molecule has 3 heterocycles. The summed E-state index contributed by atoms with van der Waals surface area (Å²) in [4.78, 5) is 39.4. The first kappa shape index (κ1) is 40.7. The third kappa shape index (κ3) is 12.2. The molecule has 3 aliphatic heterocycles. The van der Waals surface area contributed by atoms with Crippen LogP contribution in [-0.4, -0.2) is 102 Å². The molecule has 3 aliphatic rings. The molecule has 0 aromatic rings. The Balaban J connectivity index is 1.73. The number of likely N-dealkylation sites (tertiary alicyclic amines) is 1. The Morgan fingerprint density at radius 2 is 1.88 bits per heavy atom. The topological polar surface area (TPSA) is 144 Å². The summed E-state index contributed by atoms with van der Waals surface area (Å²) in [5.74, 6) is -1.13. The Hall–Kier alpha value is -2.73. The smallest absolute Gasteiger partial charge is 0.410 e. The third-order valence-electron chi connectivity index (χ3n) is 10.2. The zero-order valence-electron chi connectivity index (χ0n) is 30.8. The lowest BCUT2D eigenvalue weighted by molar-refractivity contribution is -0.162. The van der Waals surface area contributed by atoms with E-state index in [4.69, 9.17) is 23.7 Å². The predicted octanol–water partition coefficient (Wildman–Crippen LogP) is 5.67. The number of methoxy groups -OCH3 is 1. The maximum Gasteiger partial charge on any atom is 0.410 e.